The SMILES string of the molecule is Fc1cc(NCCN2CCCC2)cc(F)c1F. The summed E-state index contributed by atoms with van der Waals surface area (Å²) in [4.78, 5) is 2.28. The lowest BCUT2D eigenvalue weighted by Crippen LogP contribution is -2.26. The van der Waals surface area contributed by atoms with E-state index in [0.29, 0.717) is 6.54 Å². The van der Waals surface area contributed by atoms with Gasteiger partial charge in [-0.1, -0.05) is 0 Å². The molecule has 0 unspecified atom stereocenters. The zero-order chi connectivity index (χ0) is 12.3. The Morgan fingerprint density at radius 3 is 2.24 bits per heavy atom. The second-order valence-corrected chi connectivity index (χ2v) is 4.23. The van der Waals surface area contributed by atoms with Crippen molar-refractivity contribution in [3.8, 4) is 0 Å². The lowest BCUT2D eigenvalue weighted by atomic mass is 10.3. The summed E-state index contributed by atoms with van der Waals surface area (Å²) in [7, 11) is 0. The van der Waals surface area contributed by atoms with Crippen LogP contribution >= 0.6 is 0 Å². The van der Waals surface area contributed by atoms with Gasteiger partial charge < -0.3 is 10.2 Å². The van der Waals surface area contributed by atoms with E-state index in [2.05, 4.69) is 10.2 Å². The van der Waals surface area contributed by atoms with Crippen LogP contribution in [-0.4, -0.2) is 31.1 Å². The van der Waals surface area contributed by atoms with Gasteiger partial charge in [0.25, 0.3) is 0 Å². The highest BCUT2D eigenvalue weighted by Crippen LogP contribution is 2.17. The average molecular weight is 244 g/mol. The Morgan fingerprint density at radius 1 is 1.06 bits per heavy atom. The highest BCUT2D eigenvalue weighted by Gasteiger charge is 2.12. The van der Waals surface area contributed by atoms with E-state index in [0.717, 1.165) is 31.8 Å². The minimum Gasteiger partial charge on any atom is -0.384 e. The fourth-order valence-corrected chi connectivity index (χ4v) is 2.02. The highest BCUT2D eigenvalue weighted by atomic mass is 19.2. The lowest BCUT2D eigenvalue weighted by molar-refractivity contribution is 0.352. The van der Waals surface area contributed by atoms with Crippen molar-refractivity contribution in [2.24, 2.45) is 0 Å². The van der Waals surface area contributed by atoms with Gasteiger partial charge in [0, 0.05) is 30.9 Å². The molecule has 0 amide bonds. The van der Waals surface area contributed by atoms with Crippen LogP contribution in [0.1, 0.15) is 12.8 Å². The van der Waals surface area contributed by atoms with Crippen LogP contribution in [0.3, 0.4) is 0 Å². The summed E-state index contributed by atoms with van der Waals surface area (Å²) in [5.41, 5.74) is 0.278. The smallest absolute Gasteiger partial charge is 0.194 e. The predicted molar refractivity (Wildman–Crippen MR) is 60.5 cm³/mol. The van der Waals surface area contributed by atoms with Crippen molar-refractivity contribution in [2.75, 3.05) is 31.5 Å². The van der Waals surface area contributed by atoms with Gasteiger partial charge in [0.15, 0.2) is 17.5 Å². The molecule has 1 saturated heterocycles. The Kier molecular flexibility index (Phi) is 3.89. The monoisotopic (exact) mass is 244 g/mol. The second kappa shape index (κ2) is 5.40. The molecule has 1 heterocycles. The first-order valence-corrected chi connectivity index (χ1v) is 5.77. The third-order valence-corrected chi connectivity index (χ3v) is 2.94. The third-order valence-electron chi connectivity index (χ3n) is 2.94. The number of hydrogen-bond donors (Lipinski definition) is 1. The minimum atomic E-state index is -1.42. The van der Waals surface area contributed by atoms with Crippen LogP contribution in [0.15, 0.2) is 12.1 Å². The molecule has 0 bridgehead atoms. The zero-order valence-corrected chi connectivity index (χ0v) is 9.48. The van der Waals surface area contributed by atoms with Gasteiger partial charge in [0.2, 0.25) is 0 Å². The van der Waals surface area contributed by atoms with E-state index in [-0.39, 0.29) is 5.69 Å². The quantitative estimate of drug-likeness (QED) is 0.819. The minimum absolute atomic E-state index is 0.278. The molecule has 1 aliphatic rings. The molecule has 0 atom stereocenters. The summed E-state index contributed by atoms with van der Waals surface area (Å²) in [6, 6.07) is 1.95. The van der Waals surface area contributed by atoms with Crippen LogP contribution < -0.4 is 5.32 Å². The fraction of sp³-hybridized carbons (Fsp3) is 0.500. The summed E-state index contributed by atoms with van der Waals surface area (Å²) in [6.07, 6.45) is 2.42. The van der Waals surface area contributed by atoms with E-state index in [4.69, 9.17) is 0 Å². The van der Waals surface area contributed by atoms with Crippen LogP contribution in [0.2, 0.25) is 0 Å². The molecule has 2 rings (SSSR count). The second-order valence-electron chi connectivity index (χ2n) is 4.23. The average Bonchev–Trinajstić information content (AvgIpc) is 2.79. The Labute approximate surface area is 98.4 Å². The summed E-state index contributed by atoms with van der Waals surface area (Å²) in [5.74, 6) is -3.74. The predicted octanol–water partition coefficient (Wildman–Crippen LogP) is 2.61. The summed E-state index contributed by atoms with van der Waals surface area (Å²) in [6.45, 7) is 3.59. The van der Waals surface area contributed by atoms with Gasteiger partial charge in [-0.25, -0.2) is 13.2 Å². The largest absolute Gasteiger partial charge is 0.384 e. The summed E-state index contributed by atoms with van der Waals surface area (Å²) in [5, 5.41) is 2.89. The molecular formula is C12H15F3N2. The van der Waals surface area contributed by atoms with Gasteiger partial charge in [-0.2, -0.15) is 0 Å². The van der Waals surface area contributed by atoms with Crippen molar-refractivity contribution < 1.29 is 13.2 Å². The van der Waals surface area contributed by atoms with Gasteiger partial charge in [-0.15, -0.1) is 0 Å². The van der Waals surface area contributed by atoms with Gasteiger partial charge in [-0.3, -0.25) is 0 Å². The number of hydrogen-bond acceptors (Lipinski definition) is 2. The van der Waals surface area contributed by atoms with Crippen molar-refractivity contribution in [3.63, 3.8) is 0 Å². The molecule has 17 heavy (non-hydrogen) atoms. The number of halogens is 3. The van der Waals surface area contributed by atoms with Crippen molar-refractivity contribution in [3.05, 3.63) is 29.6 Å². The van der Waals surface area contributed by atoms with Crippen LogP contribution in [0.5, 0.6) is 0 Å². The van der Waals surface area contributed by atoms with E-state index in [1.165, 1.54) is 12.8 Å². The number of benzene rings is 1. The first-order valence-electron chi connectivity index (χ1n) is 5.77. The standard InChI is InChI=1S/C12H15F3N2/c13-10-7-9(8-11(14)12(10)15)16-3-6-17-4-1-2-5-17/h7-8,16H,1-6H2. The summed E-state index contributed by atoms with van der Waals surface area (Å²) < 4.78 is 38.5. The number of anilines is 1. The van der Waals surface area contributed by atoms with Crippen LogP contribution in [-0.2, 0) is 0 Å². The van der Waals surface area contributed by atoms with Gasteiger partial charge in [0.1, 0.15) is 0 Å². The number of nitrogens with zero attached hydrogens (tertiary/aromatic N) is 1. The van der Waals surface area contributed by atoms with Crippen LogP contribution in [0.4, 0.5) is 18.9 Å². The molecule has 1 fully saturated rings. The molecule has 1 aliphatic heterocycles. The first-order chi connectivity index (χ1) is 8.16. The maximum Gasteiger partial charge on any atom is 0.194 e. The molecular weight excluding hydrogens is 229 g/mol. The number of nitrogens with one attached hydrogen (secondary N) is 1. The van der Waals surface area contributed by atoms with Crippen molar-refractivity contribution in [2.45, 2.75) is 12.8 Å². The molecule has 2 nitrogen and oxygen atoms in total. The van der Waals surface area contributed by atoms with E-state index >= 15 is 0 Å². The van der Waals surface area contributed by atoms with Crippen LogP contribution in [0.25, 0.3) is 0 Å². The summed E-state index contributed by atoms with van der Waals surface area (Å²) >= 11 is 0. The Balaban J connectivity index is 1.86. The fourth-order valence-electron chi connectivity index (χ4n) is 2.02. The molecule has 94 valence electrons. The molecule has 5 heteroatoms. The highest BCUT2D eigenvalue weighted by molar-refractivity contribution is 5.44. The Morgan fingerprint density at radius 2 is 1.65 bits per heavy atom. The van der Waals surface area contributed by atoms with Crippen LogP contribution in [0, 0.1) is 17.5 Å². The van der Waals surface area contributed by atoms with Crippen molar-refractivity contribution in [1.82, 2.24) is 4.90 Å². The van der Waals surface area contributed by atoms with E-state index in [9.17, 15) is 13.2 Å². The molecule has 1 N–H and O–H groups in total. The van der Waals surface area contributed by atoms with Crippen molar-refractivity contribution in [1.29, 1.82) is 0 Å². The maximum atomic E-state index is 12.9. The van der Waals surface area contributed by atoms with E-state index < -0.39 is 17.5 Å². The topological polar surface area (TPSA) is 15.3 Å². The van der Waals surface area contributed by atoms with Gasteiger partial charge in [-0.05, 0) is 25.9 Å². The van der Waals surface area contributed by atoms with Gasteiger partial charge >= 0.3 is 0 Å². The maximum absolute atomic E-state index is 12.9. The van der Waals surface area contributed by atoms with E-state index in [1.807, 2.05) is 0 Å². The number of likely N-dealkylation sites (tertiary alicyclic amines) is 1. The first kappa shape index (κ1) is 12.2. The molecule has 0 spiro atoms. The molecule has 1 aromatic rings. The zero-order valence-electron chi connectivity index (χ0n) is 9.48. The molecule has 0 saturated carbocycles. The third kappa shape index (κ3) is 3.12. The van der Waals surface area contributed by atoms with Gasteiger partial charge in [0.05, 0.1) is 0 Å². The molecule has 0 aromatic heterocycles. The lowest BCUT2D eigenvalue weighted by Gasteiger charge is -2.15. The Hall–Kier alpha value is -1.23. The molecule has 0 aliphatic carbocycles. The molecule has 1 aromatic carbocycles. The molecule has 0 radical (unpaired) electrons. The normalized spacial score (nSPS) is 16.4. The van der Waals surface area contributed by atoms with Crippen molar-refractivity contribution >= 4 is 5.69 Å². The number of rotatable bonds is 4. The van der Waals surface area contributed by atoms with E-state index in [1.54, 1.807) is 0 Å². The Bertz CT molecular complexity index is 366.